The molecule has 2 aromatic carbocycles. The lowest BCUT2D eigenvalue weighted by molar-refractivity contribution is -0.113. The minimum absolute atomic E-state index is 0.0456. The van der Waals surface area contributed by atoms with Crippen LogP contribution in [-0.4, -0.2) is 23.3 Å². The van der Waals surface area contributed by atoms with Crippen LogP contribution in [0.3, 0.4) is 0 Å². The molecule has 0 unspecified atom stereocenters. The molecular formula is C18H14F2N2O2S. The van der Waals surface area contributed by atoms with Crippen LogP contribution in [0, 0.1) is 0 Å². The van der Waals surface area contributed by atoms with Crippen LogP contribution in [0.4, 0.5) is 14.5 Å². The quantitative estimate of drug-likeness (QED) is 0.655. The maximum absolute atomic E-state index is 12.1. The van der Waals surface area contributed by atoms with Gasteiger partial charge in [0.1, 0.15) is 5.75 Å². The lowest BCUT2D eigenvalue weighted by Gasteiger charge is -2.08. The molecule has 3 aromatic rings. The number of ether oxygens (including phenoxy) is 1. The van der Waals surface area contributed by atoms with Crippen LogP contribution in [0.25, 0.3) is 10.9 Å². The average Bonchev–Trinajstić information content (AvgIpc) is 2.61. The van der Waals surface area contributed by atoms with E-state index in [-0.39, 0.29) is 17.4 Å². The summed E-state index contributed by atoms with van der Waals surface area (Å²) in [4.78, 5) is 17.4. The summed E-state index contributed by atoms with van der Waals surface area (Å²) in [5.41, 5.74) is 1.37. The van der Waals surface area contributed by atoms with Crippen molar-refractivity contribution in [3.8, 4) is 5.75 Å². The smallest absolute Gasteiger partial charge is 0.387 e. The molecule has 1 amide bonds. The first kappa shape index (κ1) is 17.2. The number of para-hydroxylation sites is 1. The first-order valence-electron chi connectivity index (χ1n) is 7.43. The monoisotopic (exact) mass is 360 g/mol. The molecular weight excluding hydrogens is 346 g/mol. The number of nitrogens with one attached hydrogen (secondary N) is 1. The van der Waals surface area contributed by atoms with Gasteiger partial charge in [0.15, 0.2) is 0 Å². The molecule has 1 N–H and O–H groups in total. The third-order valence-electron chi connectivity index (χ3n) is 3.32. The summed E-state index contributed by atoms with van der Waals surface area (Å²) in [6, 6.07) is 15.4. The molecule has 0 bridgehead atoms. The number of aromatic nitrogens is 1. The number of thioether (sulfide) groups is 1. The van der Waals surface area contributed by atoms with E-state index in [0.29, 0.717) is 5.69 Å². The van der Waals surface area contributed by atoms with Crippen molar-refractivity contribution < 1.29 is 18.3 Å². The molecule has 0 fully saturated rings. The summed E-state index contributed by atoms with van der Waals surface area (Å²) in [7, 11) is 0. The van der Waals surface area contributed by atoms with Crippen molar-refractivity contribution in [3.63, 3.8) is 0 Å². The van der Waals surface area contributed by atoms with Crippen molar-refractivity contribution in [2.75, 3.05) is 11.1 Å². The fourth-order valence-electron chi connectivity index (χ4n) is 2.25. The van der Waals surface area contributed by atoms with Gasteiger partial charge in [0, 0.05) is 22.2 Å². The molecule has 3 rings (SSSR count). The van der Waals surface area contributed by atoms with Gasteiger partial charge in [0.2, 0.25) is 5.91 Å². The number of pyridine rings is 1. The van der Waals surface area contributed by atoms with Gasteiger partial charge in [-0.2, -0.15) is 8.78 Å². The molecule has 4 nitrogen and oxygen atoms in total. The Morgan fingerprint density at radius 1 is 1.12 bits per heavy atom. The Bertz CT molecular complexity index is 867. The maximum Gasteiger partial charge on any atom is 0.387 e. The molecule has 0 saturated heterocycles. The van der Waals surface area contributed by atoms with Gasteiger partial charge in [0.05, 0.1) is 11.3 Å². The number of hydrogen-bond donors (Lipinski definition) is 1. The topological polar surface area (TPSA) is 51.2 Å². The SMILES string of the molecule is O=C(CSc1cccc2cccnc12)Nc1ccc(OC(F)F)cc1. The Morgan fingerprint density at radius 3 is 2.64 bits per heavy atom. The van der Waals surface area contributed by atoms with Crippen LogP contribution in [-0.2, 0) is 4.79 Å². The molecule has 0 spiro atoms. The number of amides is 1. The van der Waals surface area contributed by atoms with E-state index < -0.39 is 6.61 Å². The number of alkyl halides is 2. The van der Waals surface area contributed by atoms with Gasteiger partial charge >= 0.3 is 6.61 Å². The summed E-state index contributed by atoms with van der Waals surface area (Å²) >= 11 is 1.39. The second-order valence-corrected chi connectivity index (χ2v) is 6.09. The van der Waals surface area contributed by atoms with Crippen LogP contribution in [0.15, 0.2) is 65.7 Å². The highest BCUT2D eigenvalue weighted by molar-refractivity contribution is 8.00. The number of carbonyl (C=O) groups is 1. The summed E-state index contributed by atoms with van der Waals surface area (Å²) in [5, 5.41) is 3.73. The lowest BCUT2D eigenvalue weighted by atomic mass is 10.2. The van der Waals surface area contributed by atoms with Gasteiger partial charge in [-0.15, -0.1) is 11.8 Å². The molecule has 0 aliphatic carbocycles. The Kier molecular flexibility index (Phi) is 5.45. The zero-order valence-electron chi connectivity index (χ0n) is 13.0. The van der Waals surface area contributed by atoms with E-state index in [0.717, 1.165) is 15.8 Å². The standard InChI is InChI=1S/C18H14F2N2O2S/c19-18(20)24-14-8-6-13(7-9-14)22-16(23)11-25-15-5-1-3-12-4-2-10-21-17(12)15/h1-10,18H,11H2,(H,22,23). The fraction of sp³-hybridized carbons (Fsp3) is 0.111. The molecule has 0 aliphatic heterocycles. The number of halogens is 2. The largest absolute Gasteiger partial charge is 0.435 e. The number of benzene rings is 2. The van der Waals surface area contributed by atoms with Crippen molar-refractivity contribution in [3.05, 3.63) is 60.8 Å². The summed E-state index contributed by atoms with van der Waals surface area (Å²) < 4.78 is 28.5. The lowest BCUT2D eigenvalue weighted by Crippen LogP contribution is -2.14. The summed E-state index contributed by atoms with van der Waals surface area (Å²) in [6.07, 6.45) is 1.72. The molecule has 1 heterocycles. The zero-order chi connectivity index (χ0) is 17.6. The Morgan fingerprint density at radius 2 is 1.88 bits per heavy atom. The number of anilines is 1. The summed E-state index contributed by atoms with van der Waals surface area (Å²) in [5.74, 6) is 0.0648. The maximum atomic E-state index is 12.1. The Labute approximate surface area is 147 Å². The second-order valence-electron chi connectivity index (χ2n) is 5.07. The minimum atomic E-state index is -2.87. The van der Waals surface area contributed by atoms with Crippen LogP contribution in [0.2, 0.25) is 0 Å². The van der Waals surface area contributed by atoms with E-state index in [1.54, 1.807) is 6.20 Å². The van der Waals surface area contributed by atoms with Crippen molar-refractivity contribution in [1.29, 1.82) is 0 Å². The van der Waals surface area contributed by atoms with E-state index in [1.165, 1.54) is 36.0 Å². The first-order valence-corrected chi connectivity index (χ1v) is 8.41. The van der Waals surface area contributed by atoms with Gasteiger partial charge in [-0.3, -0.25) is 9.78 Å². The van der Waals surface area contributed by atoms with Crippen molar-refractivity contribution in [1.82, 2.24) is 4.98 Å². The van der Waals surface area contributed by atoms with Crippen LogP contribution in [0.1, 0.15) is 0 Å². The van der Waals surface area contributed by atoms with Crippen molar-refractivity contribution in [2.24, 2.45) is 0 Å². The van der Waals surface area contributed by atoms with E-state index in [9.17, 15) is 13.6 Å². The normalized spacial score (nSPS) is 10.8. The molecule has 0 aliphatic rings. The van der Waals surface area contributed by atoms with Crippen LogP contribution in [0.5, 0.6) is 5.75 Å². The Balaban J connectivity index is 1.59. The molecule has 128 valence electrons. The molecule has 0 saturated carbocycles. The van der Waals surface area contributed by atoms with Gasteiger partial charge < -0.3 is 10.1 Å². The Hall–Kier alpha value is -2.67. The van der Waals surface area contributed by atoms with Gasteiger partial charge in [-0.05, 0) is 36.4 Å². The highest BCUT2D eigenvalue weighted by Crippen LogP contribution is 2.26. The fourth-order valence-corrected chi connectivity index (χ4v) is 3.09. The van der Waals surface area contributed by atoms with Gasteiger partial charge in [-0.25, -0.2) is 0 Å². The number of hydrogen-bond acceptors (Lipinski definition) is 4. The molecule has 25 heavy (non-hydrogen) atoms. The van der Waals surface area contributed by atoms with Crippen molar-refractivity contribution >= 4 is 34.3 Å². The zero-order valence-corrected chi connectivity index (χ0v) is 13.8. The number of rotatable bonds is 6. The number of nitrogens with zero attached hydrogens (tertiary/aromatic N) is 1. The molecule has 1 aromatic heterocycles. The highest BCUT2D eigenvalue weighted by Gasteiger charge is 2.08. The first-order chi connectivity index (χ1) is 12.1. The molecule has 0 atom stereocenters. The number of carbonyl (C=O) groups excluding carboxylic acids is 1. The summed E-state index contributed by atoms with van der Waals surface area (Å²) in [6.45, 7) is -2.87. The van der Waals surface area contributed by atoms with E-state index in [1.807, 2.05) is 30.3 Å². The predicted molar refractivity (Wildman–Crippen MR) is 94.2 cm³/mol. The van der Waals surface area contributed by atoms with E-state index in [4.69, 9.17) is 0 Å². The predicted octanol–water partition coefficient (Wildman–Crippen LogP) is 4.57. The van der Waals surface area contributed by atoms with E-state index >= 15 is 0 Å². The van der Waals surface area contributed by atoms with Gasteiger partial charge in [0.25, 0.3) is 0 Å². The third kappa shape index (κ3) is 4.67. The third-order valence-corrected chi connectivity index (χ3v) is 4.36. The second kappa shape index (κ2) is 7.94. The number of fused-ring (bicyclic) bond motifs is 1. The van der Waals surface area contributed by atoms with E-state index in [2.05, 4.69) is 15.0 Å². The highest BCUT2D eigenvalue weighted by atomic mass is 32.2. The van der Waals surface area contributed by atoms with Gasteiger partial charge in [-0.1, -0.05) is 18.2 Å². The van der Waals surface area contributed by atoms with Crippen LogP contribution < -0.4 is 10.1 Å². The van der Waals surface area contributed by atoms with Crippen LogP contribution >= 0.6 is 11.8 Å². The molecule has 7 heteroatoms. The average molecular weight is 360 g/mol. The minimum Gasteiger partial charge on any atom is -0.435 e. The molecule has 0 radical (unpaired) electrons. The van der Waals surface area contributed by atoms with Crippen molar-refractivity contribution in [2.45, 2.75) is 11.5 Å².